The Kier molecular flexibility index (Phi) is 3.86. The fourth-order valence-electron chi connectivity index (χ4n) is 8.20. The van der Waals surface area contributed by atoms with Gasteiger partial charge in [-0.1, -0.05) is 25.5 Å². The lowest BCUT2D eigenvalue weighted by molar-refractivity contribution is -0.0493. The van der Waals surface area contributed by atoms with E-state index in [-0.39, 0.29) is 28.5 Å². The van der Waals surface area contributed by atoms with Gasteiger partial charge in [0.2, 0.25) is 0 Å². The third kappa shape index (κ3) is 2.49. The number of aromatic amines is 1. The van der Waals surface area contributed by atoms with Gasteiger partial charge in [-0.25, -0.2) is 9.90 Å². The molecule has 0 amide bonds. The molecular formula is C24H35N3O2. The average Bonchev–Trinajstić information content (AvgIpc) is 3.38. The number of hydrogen-bond acceptors (Lipinski definition) is 3. The minimum Gasteiger partial charge on any atom is -0.393 e. The Labute approximate surface area is 172 Å². The second kappa shape index (κ2) is 6.09. The van der Waals surface area contributed by atoms with Crippen LogP contribution in [-0.4, -0.2) is 26.2 Å². The van der Waals surface area contributed by atoms with Gasteiger partial charge in [0.1, 0.15) is 5.69 Å². The number of aliphatic hydroxyl groups is 1. The van der Waals surface area contributed by atoms with Gasteiger partial charge in [-0.3, -0.25) is 4.79 Å². The van der Waals surface area contributed by atoms with E-state index in [1.54, 1.807) is 0 Å². The van der Waals surface area contributed by atoms with E-state index >= 15 is 0 Å². The van der Waals surface area contributed by atoms with Crippen LogP contribution in [0.1, 0.15) is 95.7 Å². The van der Waals surface area contributed by atoms with Gasteiger partial charge in [0, 0.05) is 5.92 Å². The van der Waals surface area contributed by atoms with E-state index in [2.05, 4.69) is 30.2 Å². The molecule has 0 aromatic carbocycles. The zero-order chi connectivity index (χ0) is 20.0. The number of H-pyrrole nitrogens is 1. The summed E-state index contributed by atoms with van der Waals surface area (Å²) >= 11 is 0. The van der Waals surface area contributed by atoms with Crippen LogP contribution in [0.15, 0.2) is 16.4 Å². The molecule has 4 saturated carbocycles. The Bertz CT molecular complexity index is 911. The van der Waals surface area contributed by atoms with Crippen molar-refractivity contribution in [3.05, 3.63) is 27.7 Å². The molecule has 5 heteroatoms. The van der Waals surface area contributed by atoms with Crippen molar-refractivity contribution < 1.29 is 5.11 Å². The predicted molar refractivity (Wildman–Crippen MR) is 112 cm³/mol. The molecule has 0 radical (unpaired) electrons. The normalized spacial score (nSPS) is 46.6. The first-order chi connectivity index (χ1) is 13.9. The highest BCUT2D eigenvalue weighted by Gasteiger charge is 2.59. The molecule has 4 fully saturated rings. The Hall–Kier alpha value is -1.36. The van der Waals surface area contributed by atoms with Crippen molar-refractivity contribution in [2.24, 2.45) is 28.6 Å². The number of rotatable bonds is 2. The van der Waals surface area contributed by atoms with E-state index < -0.39 is 0 Å². The summed E-state index contributed by atoms with van der Waals surface area (Å²) < 4.78 is 1.91. The first-order valence-corrected chi connectivity index (χ1v) is 12.0. The maximum absolute atomic E-state index is 13.0. The van der Waals surface area contributed by atoms with E-state index in [0.717, 1.165) is 56.1 Å². The molecule has 5 aliphatic carbocycles. The first-order valence-electron chi connectivity index (χ1n) is 12.0. The lowest BCUT2D eigenvalue weighted by Crippen LogP contribution is -2.51. The number of aromatic nitrogens is 3. The minimum atomic E-state index is -0.136. The molecule has 2 N–H and O–H groups in total. The number of fused-ring (bicyclic) bond motifs is 5. The molecule has 5 nitrogen and oxygen atoms in total. The lowest BCUT2D eigenvalue weighted by Gasteiger charge is -2.57. The number of hydrogen-bond donors (Lipinski definition) is 2. The van der Waals surface area contributed by atoms with Gasteiger partial charge in [0.25, 0.3) is 5.56 Å². The number of nitrogens with one attached hydrogen (secondary N) is 1. The van der Waals surface area contributed by atoms with E-state index in [0.29, 0.717) is 11.8 Å². The molecule has 0 bridgehead atoms. The summed E-state index contributed by atoms with van der Waals surface area (Å²) in [6.45, 7) is 4.94. The van der Waals surface area contributed by atoms with Crippen LogP contribution in [0.4, 0.5) is 0 Å². The number of aliphatic hydroxyl groups excluding tert-OH is 1. The highest BCUT2D eigenvalue weighted by atomic mass is 16.3. The monoisotopic (exact) mass is 397 g/mol. The summed E-state index contributed by atoms with van der Waals surface area (Å²) in [5, 5.41) is 17.8. The smallest absolute Gasteiger partial charge is 0.290 e. The number of nitrogens with zero attached hydrogens (tertiary/aromatic N) is 2. The van der Waals surface area contributed by atoms with E-state index in [4.69, 9.17) is 0 Å². The van der Waals surface area contributed by atoms with Crippen LogP contribution in [0.3, 0.4) is 0 Å². The highest BCUT2D eigenvalue weighted by Crippen LogP contribution is 2.66. The SMILES string of the molecule is C[C@]12CC[C@H](O)CC1=CC[C@@H]1[C@@H]2CC[C@]2(C)C(n3[nH]nc(C4CC4)c3=O)CC[C@@H]12. The Morgan fingerprint density at radius 1 is 1.10 bits per heavy atom. The van der Waals surface area contributed by atoms with Crippen molar-refractivity contribution in [3.63, 3.8) is 0 Å². The van der Waals surface area contributed by atoms with Gasteiger partial charge < -0.3 is 5.11 Å². The topological polar surface area (TPSA) is 70.9 Å². The average molecular weight is 398 g/mol. The quantitative estimate of drug-likeness (QED) is 0.731. The second-order valence-corrected chi connectivity index (χ2v) is 11.3. The molecule has 7 atom stereocenters. The van der Waals surface area contributed by atoms with E-state index in [9.17, 15) is 9.90 Å². The molecule has 1 unspecified atom stereocenters. The Morgan fingerprint density at radius 2 is 1.93 bits per heavy atom. The second-order valence-electron chi connectivity index (χ2n) is 11.3. The largest absolute Gasteiger partial charge is 0.393 e. The van der Waals surface area contributed by atoms with E-state index in [1.165, 1.54) is 31.3 Å². The maximum Gasteiger partial charge on any atom is 0.290 e. The Balaban J connectivity index is 1.32. The molecule has 158 valence electrons. The molecule has 0 spiro atoms. The summed E-state index contributed by atoms with van der Waals surface area (Å²) in [6, 6.07) is 0.271. The first kappa shape index (κ1) is 18.4. The van der Waals surface area contributed by atoms with Gasteiger partial charge in [-0.2, -0.15) is 5.10 Å². The van der Waals surface area contributed by atoms with Crippen LogP contribution < -0.4 is 5.56 Å². The fourth-order valence-corrected chi connectivity index (χ4v) is 8.20. The third-order valence-electron chi connectivity index (χ3n) is 10.0. The van der Waals surface area contributed by atoms with Crippen LogP contribution in [0, 0.1) is 28.6 Å². The van der Waals surface area contributed by atoms with Crippen LogP contribution in [0.5, 0.6) is 0 Å². The Morgan fingerprint density at radius 3 is 2.72 bits per heavy atom. The molecule has 29 heavy (non-hydrogen) atoms. The highest BCUT2D eigenvalue weighted by molar-refractivity contribution is 5.25. The van der Waals surface area contributed by atoms with E-state index in [1.807, 2.05) is 4.68 Å². The minimum absolute atomic E-state index is 0.136. The molecule has 1 heterocycles. The van der Waals surface area contributed by atoms with Crippen molar-refractivity contribution in [1.82, 2.24) is 15.0 Å². The van der Waals surface area contributed by atoms with Crippen LogP contribution in [-0.2, 0) is 0 Å². The molecule has 1 aromatic heterocycles. The van der Waals surface area contributed by atoms with Gasteiger partial charge in [-0.05, 0) is 92.8 Å². The summed E-state index contributed by atoms with van der Waals surface area (Å²) in [4.78, 5) is 13.0. The van der Waals surface area contributed by atoms with Crippen LogP contribution in [0.2, 0.25) is 0 Å². The van der Waals surface area contributed by atoms with Gasteiger partial charge in [-0.15, -0.1) is 0 Å². The predicted octanol–water partition coefficient (Wildman–Crippen LogP) is 4.31. The van der Waals surface area contributed by atoms with Gasteiger partial charge >= 0.3 is 0 Å². The molecule has 1 aromatic rings. The van der Waals surface area contributed by atoms with Gasteiger partial charge in [0.15, 0.2) is 0 Å². The molecule has 5 aliphatic rings. The fraction of sp³-hybridized carbons (Fsp3) is 0.833. The summed E-state index contributed by atoms with van der Waals surface area (Å²) in [7, 11) is 0. The molecule has 0 saturated heterocycles. The zero-order valence-corrected chi connectivity index (χ0v) is 17.9. The molecule has 0 aliphatic heterocycles. The molecular weight excluding hydrogens is 362 g/mol. The third-order valence-corrected chi connectivity index (χ3v) is 10.0. The number of allylic oxidation sites excluding steroid dienone is 1. The lowest BCUT2D eigenvalue weighted by atomic mass is 9.48. The zero-order valence-electron chi connectivity index (χ0n) is 17.9. The van der Waals surface area contributed by atoms with Crippen molar-refractivity contribution in [2.75, 3.05) is 0 Å². The van der Waals surface area contributed by atoms with Crippen molar-refractivity contribution in [2.45, 2.75) is 96.1 Å². The van der Waals surface area contributed by atoms with Crippen molar-refractivity contribution in [1.29, 1.82) is 0 Å². The molecule has 6 rings (SSSR count). The van der Waals surface area contributed by atoms with Crippen molar-refractivity contribution >= 4 is 0 Å². The standard InChI is InChI=1S/C24H35N3O2/c1-23-11-9-16(28)13-15(23)5-6-17-18-7-8-20(24(18,2)12-10-19(17)23)27-22(29)21(25-26-27)14-3-4-14/h5,14,16-20,26,28H,3-4,6-13H2,1-2H3/t16-,17-,18-,19-,20?,23-,24-/m0/s1. The maximum atomic E-state index is 13.0. The van der Waals surface area contributed by atoms with Gasteiger partial charge in [0.05, 0.1) is 12.1 Å². The summed E-state index contributed by atoms with van der Waals surface area (Å²) in [5.74, 6) is 2.56. The van der Waals surface area contributed by atoms with Crippen molar-refractivity contribution in [3.8, 4) is 0 Å². The summed E-state index contributed by atoms with van der Waals surface area (Å²) in [6.07, 6.45) is 13.5. The summed E-state index contributed by atoms with van der Waals surface area (Å²) in [5.41, 5.74) is 2.94. The van der Waals surface area contributed by atoms with Crippen LogP contribution >= 0.6 is 0 Å². The van der Waals surface area contributed by atoms with Crippen LogP contribution in [0.25, 0.3) is 0 Å².